The number of aryl methyl sites for hydroxylation is 1. The number of aromatic nitrogens is 2. The number of hydrogen-bond acceptors (Lipinski definition) is 3. The van der Waals surface area contributed by atoms with E-state index in [-0.39, 0.29) is 6.04 Å². The Balaban J connectivity index is 2.37. The van der Waals surface area contributed by atoms with Gasteiger partial charge in [-0.05, 0) is 36.6 Å². The van der Waals surface area contributed by atoms with Gasteiger partial charge < -0.3 is 10.3 Å². The van der Waals surface area contributed by atoms with Gasteiger partial charge in [-0.1, -0.05) is 15.9 Å². The van der Waals surface area contributed by atoms with Crippen molar-refractivity contribution >= 4 is 38.7 Å². The van der Waals surface area contributed by atoms with Crippen LogP contribution in [0.25, 0.3) is 11.0 Å². The van der Waals surface area contributed by atoms with Crippen LogP contribution >= 0.6 is 27.7 Å². The van der Waals surface area contributed by atoms with Crippen molar-refractivity contribution in [3.05, 3.63) is 28.5 Å². The fourth-order valence-corrected chi connectivity index (χ4v) is 2.74. The maximum atomic E-state index is 6.18. The van der Waals surface area contributed by atoms with Gasteiger partial charge in [-0.2, -0.15) is 11.8 Å². The van der Waals surface area contributed by atoms with Crippen LogP contribution in [0.2, 0.25) is 0 Å². The third-order valence-electron chi connectivity index (χ3n) is 2.84. The molecule has 0 fully saturated rings. The number of halogens is 1. The molecule has 92 valence electrons. The zero-order chi connectivity index (χ0) is 12.4. The summed E-state index contributed by atoms with van der Waals surface area (Å²) in [5.74, 6) is 2.03. The van der Waals surface area contributed by atoms with Crippen LogP contribution in [0.4, 0.5) is 0 Å². The van der Waals surface area contributed by atoms with Crippen molar-refractivity contribution in [2.75, 3.05) is 12.0 Å². The SMILES string of the molecule is CSCCC(N)c1nc2cc(Br)ccc2n1C. The van der Waals surface area contributed by atoms with Gasteiger partial charge in [0.1, 0.15) is 5.82 Å². The summed E-state index contributed by atoms with van der Waals surface area (Å²) < 4.78 is 3.14. The molecule has 5 heteroatoms. The third-order valence-corrected chi connectivity index (χ3v) is 3.98. The highest BCUT2D eigenvalue weighted by Crippen LogP contribution is 2.23. The zero-order valence-electron chi connectivity index (χ0n) is 9.98. The molecule has 0 bridgehead atoms. The number of benzene rings is 1. The number of rotatable bonds is 4. The second-order valence-corrected chi connectivity index (χ2v) is 5.95. The lowest BCUT2D eigenvalue weighted by Crippen LogP contribution is -2.16. The van der Waals surface area contributed by atoms with Crippen LogP contribution in [0.15, 0.2) is 22.7 Å². The molecule has 2 aromatic rings. The van der Waals surface area contributed by atoms with Gasteiger partial charge >= 0.3 is 0 Å². The van der Waals surface area contributed by atoms with E-state index in [1.807, 2.05) is 30.9 Å². The first-order valence-corrected chi connectivity index (χ1v) is 7.68. The number of thioether (sulfide) groups is 1. The van der Waals surface area contributed by atoms with Gasteiger partial charge in [-0.15, -0.1) is 0 Å². The minimum atomic E-state index is 0.0126. The number of fused-ring (bicyclic) bond motifs is 1. The van der Waals surface area contributed by atoms with E-state index in [0.29, 0.717) is 0 Å². The largest absolute Gasteiger partial charge is 0.330 e. The van der Waals surface area contributed by atoms with Crippen molar-refractivity contribution in [2.45, 2.75) is 12.5 Å². The zero-order valence-corrected chi connectivity index (χ0v) is 12.4. The summed E-state index contributed by atoms with van der Waals surface area (Å²) in [5.41, 5.74) is 8.30. The molecule has 0 aliphatic rings. The molecule has 0 saturated heterocycles. The Hall–Kier alpha value is -0.520. The third kappa shape index (κ3) is 2.67. The van der Waals surface area contributed by atoms with E-state index in [9.17, 15) is 0 Å². The minimum absolute atomic E-state index is 0.0126. The molecule has 0 amide bonds. The van der Waals surface area contributed by atoms with Gasteiger partial charge in [0.05, 0.1) is 17.1 Å². The maximum Gasteiger partial charge on any atom is 0.126 e. The van der Waals surface area contributed by atoms with Gasteiger partial charge in [0, 0.05) is 11.5 Å². The standard InChI is InChI=1S/C12H16BrN3S/c1-16-11-4-3-8(13)7-10(11)15-12(16)9(14)5-6-17-2/h3-4,7,9H,5-6,14H2,1-2H3. The van der Waals surface area contributed by atoms with Crippen LogP contribution in [-0.4, -0.2) is 21.6 Å². The van der Waals surface area contributed by atoms with E-state index in [4.69, 9.17) is 5.73 Å². The molecule has 1 atom stereocenters. The average molecular weight is 314 g/mol. The predicted molar refractivity (Wildman–Crippen MR) is 78.3 cm³/mol. The van der Waals surface area contributed by atoms with Gasteiger partial charge in [-0.25, -0.2) is 4.98 Å². The predicted octanol–water partition coefficient (Wildman–Crippen LogP) is 3.09. The molecule has 0 aliphatic carbocycles. The highest BCUT2D eigenvalue weighted by atomic mass is 79.9. The van der Waals surface area contributed by atoms with E-state index < -0.39 is 0 Å². The van der Waals surface area contributed by atoms with E-state index in [0.717, 1.165) is 33.5 Å². The number of nitrogens with zero attached hydrogens (tertiary/aromatic N) is 2. The van der Waals surface area contributed by atoms with Gasteiger partial charge in [0.25, 0.3) is 0 Å². The monoisotopic (exact) mass is 313 g/mol. The summed E-state index contributed by atoms with van der Waals surface area (Å²) in [5, 5.41) is 0. The molecule has 0 radical (unpaired) electrons. The Morgan fingerprint density at radius 1 is 1.53 bits per heavy atom. The van der Waals surface area contributed by atoms with Crippen LogP contribution < -0.4 is 5.73 Å². The molecular formula is C12H16BrN3S. The van der Waals surface area contributed by atoms with Gasteiger partial charge in [0.2, 0.25) is 0 Å². The van der Waals surface area contributed by atoms with Crippen molar-refractivity contribution in [1.82, 2.24) is 9.55 Å². The van der Waals surface area contributed by atoms with E-state index in [1.165, 1.54) is 0 Å². The van der Waals surface area contributed by atoms with Gasteiger partial charge in [0.15, 0.2) is 0 Å². The number of nitrogens with two attached hydrogens (primary N) is 1. The maximum absolute atomic E-state index is 6.18. The van der Waals surface area contributed by atoms with E-state index in [2.05, 4.69) is 37.8 Å². The molecule has 2 rings (SSSR count). The Morgan fingerprint density at radius 2 is 2.29 bits per heavy atom. The van der Waals surface area contributed by atoms with Crippen molar-refractivity contribution in [2.24, 2.45) is 12.8 Å². The fraction of sp³-hybridized carbons (Fsp3) is 0.417. The summed E-state index contributed by atoms with van der Waals surface area (Å²) in [6.07, 6.45) is 3.05. The molecule has 2 N–H and O–H groups in total. The summed E-state index contributed by atoms with van der Waals surface area (Å²) in [7, 11) is 2.03. The number of hydrogen-bond donors (Lipinski definition) is 1. The molecule has 1 aromatic heterocycles. The van der Waals surface area contributed by atoms with Crippen molar-refractivity contribution in [3.63, 3.8) is 0 Å². The van der Waals surface area contributed by atoms with Crippen LogP contribution in [0, 0.1) is 0 Å². The van der Waals surface area contributed by atoms with Crippen molar-refractivity contribution in [1.29, 1.82) is 0 Å². The second-order valence-electron chi connectivity index (χ2n) is 4.05. The van der Waals surface area contributed by atoms with Crippen molar-refractivity contribution < 1.29 is 0 Å². The average Bonchev–Trinajstić information content (AvgIpc) is 2.63. The van der Waals surface area contributed by atoms with Crippen LogP contribution in [0.5, 0.6) is 0 Å². The summed E-state index contributed by atoms with van der Waals surface area (Å²) in [6.45, 7) is 0. The fourth-order valence-electron chi connectivity index (χ4n) is 1.90. The molecule has 1 aromatic carbocycles. The van der Waals surface area contributed by atoms with E-state index >= 15 is 0 Å². The number of imidazole rings is 1. The second kappa shape index (κ2) is 5.42. The molecular weight excluding hydrogens is 298 g/mol. The molecule has 1 heterocycles. The Morgan fingerprint density at radius 3 is 3.00 bits per heavy atom. The smallest absolute Gasteiger partial charge is 0.126 e. The highest BCUT2D eigenvalue weighted by molar-refractivity contribution is 9.10. The Kier molecular flexibility index (Phi) is 4.12. The first-order valence-electron chi connectivity index (χ1n) is 5.50. The summed E-state index contributed by atoms with van der Waals surface area (Å²) >= 11 is 5.28. The van der Waals surface area contributed by atoms with Gasteiger partial charge in [-0.3, -0.25) is 0 Å². The summed E-state index contributed by atoms with van der Waals surface area (Å²) in [4.78, 5) is 4.62. The minimum Gasteiger partial charge on any atom is -0.330 e. The van der Waals surface area contributed by atoms with Crippen LogP contribution in [-0.2, 0) is 7.05 Å². The van der Waals surface area contributed by atoms with E-state index in [1.54, 1.807) is 0 Å². The first-order chi connectivity index (χ1) is 8.13. The lowest BCUT2D eigenvalue weighted by molar-refractivity contribution is 0.628. The molecule has 1 unspecified atom stereocenters. The molecule has 0 spiro atoms. The van der Waals surface area contributed by atoms with Crippen molar-refractivity contribution in [3.8, 4) is 0 Å². The lowest BCUT2D eigenvalue weighted by Gasteiger charge is -2.10. The normalized spacial score (nSPS) is 13.2. The quantitative estimate of drug-likeness (QED) is 0.943. The molecule has 17 heavy (non-hydrogen) atoms. The lowest BCUT2D eigenvalue weighted by atomic mass is 10.2. The Bertz CT molecular complexity index is 524. The van der Waals surface area contributed by atoms with Crippen LogP contribution in [0.1, 0.15) is 18.3 Å². The molecule has 0 saturated carbocycles. The Labute approximate surface area is 114 Å². The molecule has 0 aliphatic heterocycles. The van der Waals surface area contributed by atoms with Crippen LogP contribution in [0.3, 0.4) is 0 Å². The first kappa shape index (κ1) is 12.9. The highest BCUT2D eigenvalue weighted by Gasteiger charge is 2.14. The summed E-state index contributed by atoms with van der Waals surface area (Å²) in [6, 6.07) is 6.14. The molecule has 3 nitrogen and oxygen atoms in total. The topological polar surface area (TPSA) is 43.8 Å².